The Kier molecular flexibility index (Phi) is 5.44. The molecule has 2 atom stereocenters. The summed E-state index contributed by atoms with van der Waals surface area (Å²) in [5.41, 5.74) is 1.56. The highest BCUT2D eigenvalue weighted by atomic mass is 35.5. The zero-order chi connectivity index (χ0) is 19.9. The third kappa shape index (κ3) is 4.22. The molecule has 2 saturated heterocycles. The van der Waals surface area contributed by atoms with Crippen LogP contribution in [0.25, 0.3) is 0 Å². The van der Waals surface area contributed by atoms with E-state index in [1.807, 2.05) is 11.0 Å². The minimum Gasteiger partial charge on any atom is -0.316 e. The lowest BCUT2D eigenvalue weighted by atomic mass is 10.1. The van der Waals surface area contributed by atoms with Gasteiger partial charge in [-0.05, 0) is 35.9 Å². The molecule has 2 fully saturated rings. The number of amides is 1. The first-order valence-corrected chi connectivity index (χ1v) is 12.0. The van der Waals surface area contributed by atoms with Gasteiger partial charge in [0.15, 0.2) is 15.0 Å². The molecule has 0 radical (unpaired) electrons. The van der Waals surface area contributed by atoms with E-state index in [9.17, 15) is 13.2 Å². The highest BCUT2D eigenvalue weighted by Crippen LogP contribution is 2.41. The normalized spacial score (nSPS) is 24.5. The first-order valence-electron chi connectivity index (χ1n) is 8.58. The molecular weight excluding hydrogens is 439 g/mol. The van der Waals surface area contributed by atoms with Crippen molar-refractivity contribution in [1.82, 2.24) is 0 Å². The van der Waals surface area contributed by atoms with Crippen LogP contribution in [0.5, 0.6) is 0 Å². The van der Waals surface area contributed by atoms with E-state index in [0.717, 1.165) is 11.3 Å². The Labute approximate surface area is 177 Å². The standard InChI is InChI=1S/C19H16Cl2N2O3S2/c20-13-6-4-12(5-7-13)8-18(24)22-19-23(15-3-1-2-14(21)9-15)16-10-28(25,26)11-17(16)27-19/h1-7,9,16-17H,8,10-11H2/t16-,17+/m0/s1. The molecule has 4 rings (SSSR count). The van der Waals surface area contributed by atoms with Crippen LogP contribution < -0.4 is 4.90 Å². The first kappa shape index (κ1) is 19.8. The van der Waals surface area contributed by atoms with Crippen LogP contribution in [-0.2, 0) is 21.1 Å². The Morgan fingerprint density at radius 2 is 1.86 bits per heavy atom. The quantitative estimate of drug-likeness (QED) is 0.704. The maximum absolute atomic E-state index is 12.5. The third-order valence-corrected chi connectivity index (χ3v) is 8.34. The van der Waals surface area contributed by atoms with E-state index in [0.29, 0.717) is 15.2 Å². The number of carbonyl (C=O) groups excluding carboxylic acids is 1. The van der Waals surface area contributed by atoms with Crippen LogP contribution in [0.4, 0.5) is 5.69 Å². The molecule has 146 valence electrons. The zero-order valence-electron chi connectivity index (χ0n) is 14.6. The molecule has 2 aromatic carbocycles. The summed E-state index contributed by atoms with van der Waals surface area (Å²) in [7, 11) is -3.11. The van der Waals surface area contributed by atoms with Gasteiger partial charge in [0.2, 0.25) is 0 Å². The summed E-state index contributed by atoms with van der Waals surface area (Å²) in [5, 5.41) is 1.52. The predicted molar refractivity (Wildman–Crippen MR) is 115 cm³/mol. The lowest BCUT2D eigenvalue weighted by Gasteiger charge is -2.24. The molecule has 0 aliphatic carbocycles. The van der Waals surface area contributed by atoms with Gasteiger partial charge in [-0.3, -0.25) is 4.79 Å². The second-order valence-corrected chi connectivity index (χ2v) is 11.0. The SMILES string of the molecule is O=C(Cc1ccc(Cl)cc1)N=C1S[C@@H]2CS(=O)(=O)C[C@@H]2N1c1cccc(Cl)c1. The molecule has 2 aliphatic heterocycles. The average molecular weight is 455 g/mol. The summed E-state index contributed by atoms with van der Waals surface area (Å²) in [5.74, 6) is -0.162. The van der Waals surface area contributed by atoms with Crippen LogP contribution in [0.15, 0.2) is 53.5 Å². The fraction of sp³-hybridized carbons (Fsp3) is 0.263. The lowest BCUT2D eigenvalue weighted by molar-refractivity contribution is -0.117. The third-order valence-electron chi connectivity index (χ3n) is 4.64. The number of sulfone groups is 1. The molecule has 2 aromatic rings. The van der Waals surface area contributed by atoms with Crippen molar-refractivity contribution in [3.8, 4) is 0 Å². The molecule has 9 heteroatoms. The minimum absolute atomic E-state index is 0.0432. The maximum Gasteiger partial charge on any atom is 0.252 e. The largest absolute Gasteiger partial charge is 0.316 e. The van der Waals surface area contributed by atoms with Gasteiger partial charge in [0, 0.05) is 21.0 Å². The van der Waals surface area contributed by atoms with Crippen LogP contribution in [0.1, 0.15) is 5.56 Å². The smallest absolute Gasteiger partial charge is 0.252 e. The fourth-order valence-corrected chi connectivity index (χ4v) is 7.66. The minimum atomic E-state index is -3.11. The van der Waals surface area contributed by atoms with Crippen LogP contribution in [0.2, 0.25) is 10.0 Å². The van der Waals surface area contributed by atoms with E-state index in [1.54, 1.807) is 42.5 Å². The van der Waals surface area contributed by atoms with Gasteiger partial charge in [-0.15, -0.1) is 0 Å². The molecule has 28 heavy (non-hydrogen) atoms. The predicted octanol–water partition coefficient (Wildman–Crippen LogP) is 3.84. The Morgan fingerprint density at radius 1 is 1.11 bits per heavy atom. The number of aliphatic imine (C=N–C) groups is 1. The molecule has 5 nitrogen and oxygen atoms in total. The summed E-state index contributed by atoms with van der Waals surface area (Å²) in [4.78, 5) is 18.7. The van der Waals surface area contributed by atoms with E-state index >= 15 is 0 Å². The van der Waals surface area contributed by atoms with Crippen molar-refractivity contribution in [3.05, 3.63) is 64.1 Å². The molecule has 1 amide bonds. The van der Waals surface area contributed by atoms with E-state index in [1.165, 1.54) is 11.8 Å². The number of hydrogen-bond acceptors (Lipinski definition) is 4. The Morgan fingerprint density at radius 3 is 2.57 bits per heavy atom. The molecule has 0 spiro atoms. The van der Waals surface area contributed by atoms with Crippen LogP contribution in [0.3, 0.4) is 0 Å². The van der Waals surface area contributed by atoms with Crippen LogP contribution in [-0.4, -0.2) is 42.3 Å². The maximum atomic E-state index is 12.5. The zero-order valence-corrected chi connectivity index (χ0v) is 17.7. The van der Waals surface area contributed by atoms with Crippen molar-refractivity contribution in [2.75, 3.05) is 16.4 Å². The number of nitrogens with zero attached hydrogens (tertiary/aromatic N) is 2. The van der Waals surface area contributed by atoms with Gasteiger partial charge in [-0.1, -0.05) is 53.2 Å². The number of amidine groups is 1. The molecule has 0 bridgehead atoms. The highest BCUT2D eigenvalue weighted by molar-refractivity contribution is 8.16. The molecule has 2 aliphatic rings. The first-order chi connectivity index (χ1) is 13.3. The number of anilines is 1. The topological polar surface area (TPSA) is 66.8 Å². The number of rotatable bonds is 3. The molecule has 0 aromatic heterocycles. The Hall–Kier alpha value is -1.54. The van der Waals surface area contributed by atoms with Gasteiger partial charge in [-0.2, -0.15) is 4.99 Å². The highest BCUT2D eigenvalue weighted by Gasteiger charge is 2.49. The summed E-state index contributed by atoms with van der Waals surface area (Å²) in [6, 6.07) is 13.9. The second kappa shape index (κ2) is 7.71. The number of halogens is 2. The number of fused-ring (bicyclic) bond motifs is 1. The van der Waals surface area contributed by atoms with E-state index in [4.69, 9.17) is 23.2 Å². The molecule has 0 saturated carbocycles. The van der Waals surface area contributed by atoms with Crippen molar-refractivity contribution in [3.63, 3.8) is 0 Å². The Balaban J connectivity index is 1.63. The van der Waals surface area contributed by atoms with E-state index < -0.39 is 9.84 Å². The monoisotopic (exact) mass is 454 g/mol. The van der Waals surface area contributed by atoms with Crippen molar-refractivity contribution in [2.24, 2.45) is 4.99 Å². The van der Waals surface area contributed by atoms with Gasteiger partial charge in [-0.25, -0.2) is 8.42 Å². The van der Waals surface area contributed by atoms with Crippen molar-refractivity contribution >= 4 is 61.6 Å². The fourth-order valence-electron chi connectivity index (χ4n) is 3.42. The van der Waals surface area contributed by atoms with Gasteiger partial charge in [0.25, 0.3) is 5.91 Å². The van der Waals surface area contributed by atoms with Crippen molar-refractivity contribution < 1.29 is 13.2 Å². The Bertz CT molecular complexity index is 1060. The van der Waals surface area contributed by atoms with Crippen LogP contribution >= 0.6 is 35.0 Å². The van der Waals surface area contributed by atoms with E-state index in [2.05, 4.69) is 4.99 Å². The number of hydrogen-bond donors (Lipinski definition) is 0. The summed E-state index contributed by atoms with van der Waals surface area (Å²) >= 11 is 13.4. The summed E-state index contributed by atoms with van der Waals surface area (Å²) in [6.45, 7) is 0. The van der Waals surface area contributed by atoms with Gasteiger partial charge >= 0.3 is 0 Å². The summed E-state index contributed by atoms with van der Waals surface area (Å²) < 4.78 is 24.2. The summed E-state index contributed by atoms with van der Waals surface area (Å²) in [6.07, 6.45) is 0.151. The van der Waals surface area contributed by atoms with Crippen LogP contribution in [0, 0.1) is 0 Å². The molecule has 0 N–H and O–H groups in total. The number of thioether (sulfide) groups is 1. The van der Waals surface area contributed by atoms with Gasteiger partial charge in [0.05, 0.1) is 24.0 Å². The molecule has 0 unspecified atom stereocenters. The molecular formula is C19H16Cl2N2O3S2. The number of carbonyl (C=O) groups is 1. The van der Waals surface area contributed by atoms with E-state index in [-0.39, 0.29) is 35.1 Å². The average Bonchev–Trinajstić information content (AvgIpc) is 3.07. The lowest BCUT2D eigenvalue weighted by Crippen LogP contribution is -2.37. The van der Waals surface area contributed by atoms with Gasteiger partial charge in [0.1, 0.15) is 0 Å². The molecule has 2 heterocycles. The van der Waals surface area contributed by atoms with Crippen molar-refractivity contribution in [2.45, 2.75) is 17.7 Å². The van der Waals surface area contributed by atoms with Crippen molar-refractivity contribution in [1.29, 1.82) is 0 Å². The van der Waals surface area contributed by atoms with Gasteiger partial charge < -0.3 is 4.90 Å². The second-order valence-electron chi connectivity index (χ2n) is 6.74. The number of benzene rings is 2.